The Bertz CT molecular complexity index is 336. The highest BCUT2D eigenvalue weighted by Gasteiger charge is 2.14. The number of thiazole rings is 1. The lowest BCUT2D eigenvalue weighted by atomic mass is 10.0. The molecular weight excluding hydrogens is 210 g/mol. The van der Waals surface area contributed by atoms with Gasteiger partial charge < -0.3 is 5.11 Å². The van der Waals surface area contributed by atoms with Crippen LogP contribution >= 0.6 is 11.3 Å². The highest BCUT2D eigenvalue weighted by atomic mass is 32.1. The van der Waals surface area contributed by atoms with E-state index in [0.717, 1.165) is 17.8 Å². The van der Waals surface area contributed by atoms with Crippen LogP contribution in [0.3, 0.4) is 0 Å². The second-order valence-corrected chi connectivity index (χ2v) is 5.10. The van der Waals surface area contributed by atoms with E-state index < -0.39 is 5.97 Å². The van der Waals surface area contributed by atoms with Crippen molar-refractivity contribution in [3.8, 4) is 0 Å². The standard InChI is InChI=1S/C11H15NO2S/c13-11(14)7-3-6-10-12-8-4-1-2-5-9(8)15-10/h1-7H2,(H,13,14). The first-order chi connectivity index (χ1) is 7.25. The predicted molar refractivity (Wildman–Crippen MR) is 59.3 cm³/mol. The normalized spacial score (nSPS) is 14.9. The van der Waals surface area contributed by atoms with Gasteiger partial charge in [0, 0.05) is 11.3 Å². The first-order valence-electron chi connectivity index (χ1n) is 5.45. The lowest BCUT2D eigenvalue weighted by Crippen LogP contribution is -1.99. The Balaban J connectivity index is 1.92. The lowest BCUT2D eigenvalue weighted by molar-refractivity contribution is -0.137. The average Bonchev–Trinajstić information content (AvgIpc) is 2.59. The van der Waals surface area contributed by atoms with Gasteiger partial charge in [-0.1, -0.05) is 0 Å². The summed E-state index contributed by atoms with van der Waals surface area (Å²) >= 11 is 1.78. The Morgan fingerprint density at radius 3 is 2.93 bits per heavy atom. The number of fused-ring (bicyclic) bond motifs is 1. The first kappa shape index (κ1) is 10.6. The van der Waals surface area contributed by atoms with Crippen molar-refractivity contribution in [3.05, 3.63) is 15.6 Å². The molecule has 0 amide bonds. The van der Waals surface area contributed by atoms with Crippen molar-refractivity contribution < 1.29 is 9.90 Å². The summed E-state index contributed by atoms with van der Waals surface area (Å²) in [7, 11) is 0. The highest BCUT2D eigenvalue weighted by Crippen LogP contribution is 2.27. The van der Waals surface area contributed by atoms with Gasteiger partial charge in [-0.3, -0.25) is 4.79 Å². The molecule has 1 aliphatic carbocycles. The molecule has 0 unspecified atom stereocenters. The van der Waals surface area contributed by atoms with Crippen LogP contribution in [0.2, 0.25) is 0 Å². The van der Waals surface area contributed by atoms with Gasteiger partial charge in [-0.25, -0.2) is 4.98 Å². The topological polar surface area (TPSA) is 50.2 Å². The largest absolute Gasteiger partial charge is 0.481 e. The summed E-state index contributed by atoms with van der Waals surface area (Å²) in [5.41, 5.74) is 1.27. The maximum absolute atomic E-state index is 10.4. The van der Waals surface area contributed by atoms with Gasteiger partial charge in [-0.05, 0) is 38.5 Å². The molecule has 0 atom stereocenters. The average molecular weight is 225 g/mol. The number of hydrogen-bond acceptors (Lipinski definition) is 3. The minimum Gasteiger partial charge on any atom is -0.481 e. The van der Waals surface area contributed by atoms with Crippen molar-refractivity contribution in [3.63, 3.8) is 0 Å². The van der Waals surface area contributed by atoms with Crippen LogP contribution < -0.4 is 0 Å². The Hall–Kier alpha value is -0.900. The molecule has 1 aromatic rings. The monoisotopic (exact) mass is 225 g/mol. The second-order valence-electron chi connectivity index (χ2n) is 3.93. The molecule has 0 aliphatic heterocycles. The molecule has 0 saturated heterocycles. The number of carboxylic acids is 1. The summed E-state index contributed by atoms with van der Waals surface area (Å²) < 4.78 is 0. The van der Waals surface area contributed by atoms with Crippen LogP contribution in [0.5, 0.6) is 0 Å². The minimum absolute atomic E-state index is 0.254. The summed E-state index contributed by atoms with van der Waals surface area (Å²) in [4.78, 5) is 16.4. The number of rotatable bonds is 4. The number of aryl methyl sites for hydroxylation is 3. The van der Waals surface area contributed by atoms with Crippen molar-refractivity contribution in [1.29, 1.82) is 0 Å². The third-order valence-corrected chi connectivity index (χ3v) is 3.89. The zero-order chi connectivity index (χ0) is 10.7. The maximum atomic E-state index is 10.4. The molecule has 1 heterocycles. The lowest BCUT2D eigenvalue weighted by Gasteiger charge is -2.06. The molecule has 0 aromatic carbocycles. The molecule has 0 radical (unpaired) electrons. The Labute approximate surface area is 93.2 Å². The van der Waals surface area contributed by atoms with Gasteiger partial charge in [0.25, 0.3) is 0 Å². The Kier molecular flexibility index (Phi) is 3.36. The Morgan fingerprint density at radius 1 is 1.40 bits per heavy atom. The Morgan fingerprint density at radius 2 is 2.20 bits per heavy atom. The fraction of sp³-hybridized carbons (Fsp3) is 0.636. The summed E-state index contributed by atoms with van der Waals surface area (Å²) in [6, 6.07) is 0. The van der Waals surface area contributed by atoms with Crippen molar-refractivity contribution in [1.82, 2.24) is 4.98 Å². The van der Waals surface area contributed by atoms with Gasteiger partial charge in [-0.2, -0.15) is 0 Å². The summed E-state index contributed by atoms with van der Waals surface area (Å²) in [5, 5.41) is 9.66. The van der Waals surface area contributed by atoms with Crippen LogP contribution in [0.25, 0.3) is 0 Å². The van der Waals surface area contributed by atoms with E-state index in [-0.39, 0.29) is 6.42 Å². The fourth-order valence-corrected chi connectivity index (χ4v) is 3.10. The van der Waals surface area contributed by atoms with Gasteiger partial charge in [0.15, 0.2) is 0 Å². The van der Waals surface area contributed by atoms with Gasteiger partial charge in [0.05, 0.1) is 10.7 Å². The van der Waals surface area contributed by atoms with Gasteiger partial charge >= 0.3 is 5.97 Å². The quantitative estimate of drug-likeness (QED) is 0.856. The van der Waals surface area contributed by atoms with E-state index in [1.54, 1.807) is 11.3 Å². The van der Waals surface area contributed by atoms with Crippen LogP contribution in [0.15, 0.2) is 0 Å². The smallest absolute Gasteiger partial charge is 0.303 e. The van der Waals surface area contributed by atoms with Gasteiger partial charge in [0.2, 0.25) is 0 Å². The van der Waals surface area contributed by atoms with Gasteiger partial charge in [0.1, 0.15) is 0 Å². The molecule has 0 bridgehead atoms. The molecule has 1 aliphatic rings. The van der Waals surface area contributed by atoms with E-state index in [4.69, 9.17) is 5.11 Å². The van der Waals surface area contributed by atoms with E-state index in [0.29, 0.717) is 6.42 Å². The van der Waals surface area contributed by atoms with E-state index in [9.17, 15) is 4.79 Å². The van der Waals surface area contributed by atoms with Crippen LogP contribution in [0.1, 0.15) is 41.3 Å². The van der Waals surface area contributed by atoms with Crippen molar-refractivity contribution in [2.75, 3.05) is 0 Å². The second kappa shape index (κ2) is 4.75. The molecule has 1 N–H and O–H groups in total. The van der Waals surface area contributed by atoms with E-state index in [2.05, 4.69) is 4.98 Å². The van der Waals surface area contributed by atoms with Crippen molar-refractivity contribution in [2.24, 2.45) is 0 Å². The number of carbonyl (C=O) groups is 1. The molecule has 0 spiro atoms. The molecule has 15 heavy (non-hydrogen) atoms. The summed E-state index contributed by atoms with van der Waals surface area (Å²) in [6.07, 6.45) is 6.61. The van der Waals surface area contributed by atoms with Crippen molar-refractivity contribution >= 4 is 17.3 Å². The molecule has 3 nitrogen and oxygen atoms in total. The molecular formula is C11H15NO2S. The predicted octanol–water partition coefficient (Wildman–Crippen LogP) is 2.43. The van der Waals surface area contributed by atoms with Crippen LogP contribution in [0.4, 0.5) is 0 Å². The maximum Gasteiger partial charge on any atom is 0.303 e. The van der Waals surface area contributed by atoms with E-state index in [1.807, 2.05) is 0 Å². The SMILES string of the molecule is O=C(O)CCCc1nc2c(s1)CCCC2. The van der Waals surface area contributed by atoms with Gasteiger partial charge in [-0.15, -0.1) is 11.3 Å². The zero-order valence-electron chi connectivity index (χ0n) is 8.66. The van der Waals surface area contributed by atoms with Crippen molar-refractivity contribution in [2.45, 2.75) is 44.9 Å². The minimum atomic E-state index is -0.712. The number of aromatic nitrogens is 1. The number of hydrogen-bond donors (Lipinski definition) is 1. The number of carboxylic acid groups (broad SMARTS) is 1. The van der Waals surface area contributed by atoms with Crippen LogP contribution in [-0.2, 0) is 24.1 Å². The molecule has 1 aromatic heterocycles. The molecule has 4 heteroatoms. The zero-order valence-corrected chi connectivity index (χ0v) is 9.48. The summed E-state index contributed by atoms with van der Waals surface area (Å²) in [6.45, 7) is 0. The molecule has 0 fully saturated rings. The molecule has 82 valence electrons. The third-order valence-electron chi connectivity index (χ3n) is 2.67. The van der Waals surface area contributed by atoms with Crippen LogP contribution in [-0.4, -0.2) is 16.1 Å². The third kappa shape index (κ3) is 2.78. The number of aliphatic carboxylic acids is 1. The van der Waals surface area contributed by atoms with Crippen LogP contribution in [0, 0.1) is 0 Å². The number of nitrogens with zero attached hydrogens (tertiary/aromatic N) is 1. The molecule has 2 rings (SSSR count). The fourth-order valence-electron chi connectivity index (χ4n) is 1.90. The first-order valence-corrected chi connectivity index (χ1v) is 6.26. The van der Waals surface area contributed by atoms with E-state index in [1.165, 1.54) is 29.8 Å². The highest BCUT2D eigenvalue weighted by molar-refractivity contribution is 7.11. The summed E-state index contributed by atoms with van der Waals surface area (Å²) in [5.74, 6) is -0.712. The van der Waals surface area contributed by atoms with E-state index >= 15 is 0 Å². The molecule has 0 saturated carbocycles.